The first-order chi connectivity index (χ1) is 6.36. The van der Waals surface area contributed by atoms with E-state index in [-0.39, 0.29) is 0 Å². The Morgan fingerprint density at radius 3 is 3.08 bits per heavy atom. The van der Waals surface area contributed by atoms with Gasteiger partial charge in [0, 0.05) is 17.9 Å². The number of azide groups is 1. The molecule has 0 aliphatic heterocycles. The van der Waals surface area contributed by atoms with E-state index in [1.165, 1.54) is 0 Å². The zero-order valence-corrected chi connectivity index (χ0v) is 7.47. The molecule has 1 heterocycles. The van der Waals surface area contributed by atoms with Crippen LogP contribution in [-0.4, -0.2) is 6.54 Å². The molecule has 0 amide bonds. The van der Waals surface area contributed by atoms with Crippen LogP contribution in [0.3, 0.4) is 0 Å². The van der Waals surface area contributed by atoms with Crippen LogP contribution in [0.5, 0.6) is 0 Å². The van der Waals surface area contributed by atoms with Gasteiger partial charge in [-0.25, -0.2) is 0 Å². The molecule has 0 saturated carbocycles. The van der Waals surface area contributed by atoms with Crippen LogP contribution in [0.25, 0.3) is 16.5 Å². The van der Waals surface area contributed by atoms with Gasteiger partial charge in [-0.3, -0.25) is 0 Å². The summed E-state index contributed by atoms with van der Waals surface area (Å²) in [5, 5.41) is 3.37. The SMILES string of the molecule is CCc1ccc(C=CCN=[N+]=[N-])o1. The molecule has 0 radical (unpaired) electrons. The zero-order chi connectivity index (χ0) is 9.52. The van der Waals surface area contributed by atoms with Gasteiger partial charge < -0.3 is 4.42 Å². The Hall–Kier alpha value is -1.67. The van der Waals surface area contributed by atoms with Crippen LogP contribution in [-0.2, 0) is 6.42 Å². The number of rotatable bonds is 4. The lowest BCUT2D eigenvalue weighted by Crippen LogP contribution is -1.70. The van der Waals surface area contributed by atoms with Gasteiger partial charge in [-0.05, 0) is 23.7 Å². The minimum absolute atomic E-state index is 0.360. The van der Waals surface area contributed by atoms with Gasteiger partial charge in [0.2, 0.25) is 0 Å². The molecule has 0 unspecified atom stereocenters. The Labute approximate surface area is 76.5 Å². The zero-order valence-electron chi connectivity index (χ0n) is 7.47. The van der Waals surface area contributed by atoms with Crippen molar-refractivity contribution in [2.45, 2.75) is 13.3 Å². The first kappa shape index (κ1) is 9.42. The van der Waals surface area contributed by atoms with E-state index >= 15 is 0 Å². The van der Waals surface area contributed by atoms with Crippen molar-refractivity contribution < 1.29 is 4.42 Å². The number of furan rings is 1. The van der Waals surface area contributed by atoms with Crippen LogP contribution in [0.4, 0.5) is 0 Å². The molecule has 0 saturated heterocycles. The molecule has 13 heavy (non-hydrogen) atoms. The summed E-state index contributed by atoms with van der Waals surface area (Å²) in [7, 11) is 0. The van der Waals surface area contributed by atoms with Crippen molar-refractivity contribution in [2.24, 2.45) is 5.11 Å². The number of hydrogen-bond acceptors (Lipinski definition) is 2. The van der Waals surface area contributed by atoms with Crippen LogP contribution in [0, 0.1) is 0 Å². The van der Waals surface area contributed by atoms with Gasteiger partial charge in [-0.15, -0.1) is 0 Å². The fourth-order valence-corrected chi connectivity index (χ4v) is 0.927. The topological polar surface area (TPSA) is 61.9 Å². The number of aryl methyl sites for hydroxylation is 1. The van der Waals surface area contributed by atoms with E-state index in [1.54, 1.807) is 12.2 Å². The summed E-state index contributed by atoms with van der Waals surface area (Å²) in [5.41, 5.74) is 8.01. The third-order valence-electron chi connectivity index (χ3n) is 1.56. The predicted molar refractivity (Wildman–Crippen MR) is 51.1 cm³/mol. The van der Waals surface area contributed by atoms with Crippen molar-refractivity contribution in [3.63, 3.8) is 0 Å². The predicted octanol–water partition coefficient (Wildman–Crippen LogP) is 3.17. The van der Waals surface area contributed by atoms with Gasteiger partial charge in [0.05, 0.1) is 0 Å². The van der Waals surface area contributed by atoms with E-state index < -0.39 is 0 Å². The summed E-state index contributed by atoms with van der Waals surface area (Å²) in [4.78, 5) is 2.63. The molecule has 68 valence electrons. The van der Waals surface area contributed by atoms with Crippen LogP contribution in [0.15, 0.2) is 27.7 Å². The summed E-state index contributed by atoms with van der Waals surface area (Å²) >= 11 is 0. The molecule has 4 heteroatoms. The lowest BCUT2D eigenvalue weighted by molar-refractivity contribution is 0.507. The molecule has 1 aromatic heterocycles. The van der Waals surface area contributed by atoms with E-state index in [2.05, 4.69) is 10.0 Å². The van der Waals surface area contributed by atoms with Crippen LogP contribution in [0.1, 0.15) is 18.4 Å². The summed E-state index contributed by atoms with van der Waals surface area (Å²) < 4.78 is 5.39. The largest absolute Gasteiger partial charge is 0.462 e. The molecule has 0 aliphatic rings. The second-order valence-electron chi connectivity index (χ2n) is 2.47. The summed E-state index contributed by atoms with van der Waals surface area (Å²) in [6.45, 7) is 2.39. The van der Waals surface area contributed by atoms with Crippen molar-refractivity contribution in [2.75, 3.05) is 6.54 Å². The lowest BCUT2D eigenvalue weighted by atomic mass is 10.3. The number of hydrogen-bond donors (Lipinski definition) is 0. The van der Waals surface area contributed by atoms with Crippen molar-refractivity contribution in [3.8, 4) is 0 Å². The summed E-state index contributed by atoms with van der Waals surface area (Å²) in [6, 6.07) is 3.83. The average molecular weight is 177 g/mol. The molecule has 0 atom stereocenters. The maximum atomic E-state index is 8.01. The van der Waals surface area contributed by atoms with Crippen molar-refractivity contribution in [1.82, 2.24) is 0 Å². The molecule has 1 aromatic rings. The molecular weight excluding hydrogens is 166 g/mol. The highest BCUT2D eigenvalue weighted by molar-refractivity contribution is 5.43. The Kier molecular flexibility index (Phi) is 3.67. The van der Waals surface area contributed by atoms with Gasteiger partial charge in [-0.1, -0.05) is 18.1 Å². The molecule has 0 fully saturated rings. The fourth-order valence-electron chi connectivity index (χ4n) is 0.927. The molecular formula is C9H11N3O. The minimum Gasteiger partial charge on any atom is -0.462 e. The molecule has 0 aliphatic carbocycles. The highest BCUT2D eigenvalue weighted by atomic mass is 16.3. The van der Waals surface area contributed by atoms with Crippen LogP contribution >= 0.6 is 0 Å². The normalized spacial score (nSPS) is 10.2. The van der Waals surface area contributed by atoms with E-state index in [0.717, 1.165) is 17.9 Å². The van der Waals surface area contributed by atoms with Gasteiger partial charge in [0.15, 0.2) is 0 Å². The third-order valence-corrected chi connectivity index (χ3v) is 1.56. The van der Waals surface area contributed by atoms with Crippen LogP contribution < -0.4 is 0 Å². The summed E-state index contributed by atoms with van der Waals surface area (Å²) in [5.74, 6) is 1.76. The Morgan fingerprint density at radius 2 is 2.46 bits per heavy atom. The highest BCUT2D eigenvalue weighted by Crippen LogP contribution is 2.09. The third kappa shape index (κ3) is 3.05. The molecule has 0 spiro atoms. The molecule has 0 aromatic carbocycles. The smallest absolute Gasteiger partial charge is 0.126 e. The first-order valence-corrected chi connectivity index (χ1v) is 4.13. The van der Waals surface area contributed by atoms with E-state index in [9.17, 15) is 0 Å². The quantitative estimate of drug-likeness (QED) is 0.395. The van der Waals surface area contributed by atoms with E-state index in [4.69, 9.17) is 9.95 Å². The lowest BCUT2D eigenvalue weighted by Gasteiger charge is -1.86. The van der Waals surface area contributed by atoms with Crippen molar-refractivity contribution in [1.29, 1.82) is 0 Å². The highest BCUT2D eigenvalue weighted by Gasteiger charge is 1.94. The van der Waals surface area contributed by atoms with E-state index in [1.807, 2.05) is 19.1 Å². The van der Waals surface area contributed by atoms with Crippen LogP contribution in [0.2, 0.25) is 0 Å². The van der Waals surface area contributed by atoms with Gasteiger partial charge in [-0.2, -0.15) is 0 Å². The molecule has 4 nitrogen and oxygen atoms in total. The van der Waals surface area contributed by atoms with Gasteiger partial charge >= 0.3 is 0 Å². The first-order valence-electron chi connectivity index (χ1n) is 4.13. The Bertz CT molecular complexity index is 334. The minimum atomic E-state index is 0.360. The average Bonchev–Trinajstić information content (AvgIpc) is 2.60. The van der Waals surface area contributed by atoms with Crippen molar-refractivity contribution >= 4 is 6.08 Å². The fraction of sp³-hybridized carbons (Fsp3) is 0.333. The molecule has 0 N–H and O–H groups in total. The van der Waals surface area contributed by atoms with Gasteiger partial charge in [0.1, 0.15) is 11.5 Å². The van der Waals surface area contributed by atoms with Gasteiger partial charge in [0.25, 0.3) is 0 Å². The maximum absolute atomic E-state index is 8.01. The Morgan fingerprint density at radius 1 is 1.62 bits per heavy atom. The Balaban J connectivity index is 2.53. The second-order valence-corrected chi connectivity index (χ2v) is 2.47. The second kappa shape index (κ2) is 5.06. The molecule has 0 bridgehead atoms. The monoisotopic (exact) mass is 177 g/mol. The number of nitrogens with zero attached hydrogens (tertiary/aromatic N) is 3. The standard InChI is InChI=1S/C9H11N3O/c1-2-8-5-6-9(13-8)4-3-7-11-12-10/h3-6H,2,7H2,1H3. The maximum Gasteiger partial charge on any atom is 0.126 e. The molecule has 1 rings (SSSR count). The van der Waals surface area contributed by atoms with Crippen molar-refractivity contribution in [3.05, 3.63) is 40.2 Å². The van der Waals surface area contributed by atoms with E-state index in [0.29, 0.717) is 6.54 Å². The summed E-state index contributed by atoms with van der Waals surface area (Å²) in [6.07, 6.45) is 4.45.